The molecule has 0 aliphatic carbocycles. The summed E-state index contributed by atoms with van der Waals surface area (Å²) < 4.78 is 4.98. The molecule has 2 atom stereocenters. The van der Waals surface area contributed by atoms with Crippen molar-refractivity contribution in [3.8, 4) is 0 Å². The van der Waals surface area contributed by atoms with Crippen LogP contribution in [0.1, 0.15) is 23.6 Å². The Hall–Kier alpha value is -1.92. The molecule has 0 radical (unpaired) electrons. The van der Waals surface area contributed by atoms with Gasteiger partial charge < -0.3 is 20.9 Å². The van der Waals surface area contributed by atoms with Crippen LogP contribution in [-0.4, -0.2) is 36.7 Å². The Kier molecular flexibility index (Phi) is 6.14. The molecular weight excluding hydrogens is 260 g/mol. The lowest BCUT2D eigenvalue weighted by Crippen LogP contribution is -2.39. The van der Waals surface area contributed by atoms with Gasteiger partial charge in [0.15, 0.2) is 0 Å². The van der Waals surface area contributed by atoms with Gasteiger partial charge in [-0.2, -0.15) is 0 Å². The number of hydrogen-bond acceptors (Lipinski definition) is 4. The number of hydrogen-bond donors (Lipinski definition) is 3. The minimum atomic E-state index is -0.978. The Balaban J connectivity index is 2.53. The zero-order valence-corrected chi connectivity index (χ0v) is 11.6. The van der Waals surface area contributed by atoms with Crippen LogP contribution in [0.25, 0.3) is 0 Å². The number of carbonyl (C=O) groups excluding carboxylic acids is 1. The van der Waals surface area contributed by atoms with Crippen LogP contribution in [0.3, 0.4) is 0 Å². The second-order valence-corrected chi connectivity index (χ2v) is 4.59. The normalized spacial score (nSPS) is 13.6. The van der Waals surface area contributed by atoms with Crippen LogP contribution in [-0.2, 0) is 14.3 Å². The summed E-state index contributed by atoms with van der Waals surface area (Å²) in [5.74, 6) is -1.34. The molecule has 1 amide bonds. The number of amides is 1. The van der Waals surface area contributed by atoms with Gasteiger partial charge in [-0.1, -0.05) is 29.8 Å². The zero-order valence-electron chi connectivity index (χ0n) is 11.6. The second-order valence-electron chi connectivity index (χ2n) is 4.59. The molecule has 1 aromatic rings. The van der Waals surface area contributed by atoms with Crippen molar-refractivity contribution < 1.29 is 19.4 Å². The van der Waals surface area contributed by atoms with E-state index in [4.69, 9.17) is 15.6 Å². The van der Waals surface area contributed by atoms with Gasteiger partial charge in [0, 0.05) is 13.7 Å². The van der Waals surface area contributed by atoms with Gasteiger partial charge in [-0.3, -0.25) is 9.59 Å². The fourth-order valence-corrected chi connectivity index (χ4v) is 1.68. The van der Waals surface area contributed by atoms with E-state index in [-0.39, 0.29) is 18.9 Å². The van der Waals surface area contributed by atoms with E-state index >= 15 is 0 Å². The molecule has 6 nitrogen and oxygen atoms in total. The average Bonchev–Trinajstić information content (AvgIpc) is 2.42. The predicted molar refractivity (Wildman–Crippen MR) is 74.2 cm³/mol. The van der Waals surface area contributed by atoms with Crippen molar-refractivity contribution in [3.63, 3.8) is 0 Å². The van der Waals surface area contributed by atoms with Gasteiger partial charge in [-0.25, -0.2) is 0 Å². The van der Waals surface area contributed by atoms with Crippen molar-refractivity contribution >= 4 is 11.9 Å². The lowest BCUT2D eigenvalue weighted by atomic mass is 10.1. The van der Waals surface area contributed by atoms with E-state index in [1.165, 1.54) is 7.11 Å². The highest BCUT2D eigenvalue weighted by Gasteiger charge is 2.18. The molecule has 0 saturated carbocycles. The van der Waals surface area contributed by atoms with Crippen molar-refractivity contribution in [1.29, 1.82) is 0 Å². The maximum atomic E-state index is 11.9. The fraction of sp³-hybridized carbons (Fsp3) is 0.429. The third-order valence-corrected chi connectivity index (χ3v) is 2.96. The molecule has 1 rings (SSSR count). The van der Waals surface area contributed by atoms with E-state index in [0.717, 1.165) is 5.56 Å². The lowest BCUT2D eigenvalue weighted by molar-refractivity contribution is -0.140. The molecule has 2 unspecified atom stereocenters. The number of benzene rings is 1. The van der Waals surface area contributed by atoms with E-state index in [2.05, 4.69) is 5.32 Å². The third kappa shape index (κ3) is 4.99. The lowest BCUT2D eigenvalue weighted by Gasteiger charge is -2.17. The van der Waals surface area contributed by atoms with Crippen LogP contribution in [0.5, 0.6) is 0 Å². The Morgan fingerprint density at radius 1 is 1.35 bits per heavy atom. The first-order chi connectivity index (χ1) is 9.43. The summed E-state index contributed by atoms with van der Waals surface area (Å²) in [5, 5.41) is 11.3. The van der Waals surface area contributed by atoms with E-state index in [1.54, 1.807) is 12.1 Å². The number of methoxy groups -OCH3 is 1. The summed E-state index contributed by atoms with van der Waals surface area (Å²) in [7, 11) is 1.40. The molecular formula is C14H20N2O4. The molecule has 0 aromatic heterocycles. The number of carboxylic acids is 1. The Labute approximate surface area is 117 Å². The first-order valence-electron chi connectivity index (χ1n) is 6.28. The van der Waals surface area contributed by atoms with E-state index in [0.29, 0.717) is 5.56 Å². The maximum absolute atomic E-state index is 11.9. The summed E-state index contributed by atoms with van der Waals surface area (Å²) in [5.41, 5.74) is 7.64. The number of carboxylic acid groups (broad SMARTS) is 1. The highest BCUT2D eigenvalue weighted by Crippen LogP contribution is 2.11. The first kappa shape index (κ1) is 16.1. The zero-order chi connectivity index (χ0) is 15.1. The molecule has 0 spiro atoms. The van der Waals surface area contributed by atoms with Crippen LogP contribution < -0.4 is 11.1 Å². The molecule has 0 aliphatic heterocycles. The van der Waals surface area contributed by atoms with Crippen LogP contribution >= 0.6 is 0 Å². The number of aryl methyl sites for hydroxylation is 1. The van der Waals surface area contributed by atoms with E-state index in [1.807, 2.05) is 19.1 Å². The summed E-state index contributed by atoms with van der Waals surface area (Å²) in [6.07, 6.45) is -0.738. The smallest absolute Gasteiger partial charge is 0.306 e. The van der Waals surface area contributed by atoms with E-state index < -0.39 is 18.1 Å². The number of nitrogens with two attached hydrogens (primary N) is 1. The van der Waals surface area contributed by atoms with Gasteiger partial charge in [0.05, 0.1) is 12.5 Å². The van der Waals surface area contributed by atoms with Crippen molar-refractivity contribution in [2.75, 3.05) is 13.7 Å². The Bertz CT molecular complexity index is 459. The van der Waals surface area contributed by atoms with Crippen LogP contribution in [0.15, 0.2) is 24.3 Å². The molecule has 110 valence electrons. The first-order valence-corrected chi connectivity index (χ1v) is 6.28. The summed E-state index contributed by atoms with van der Waals surface area (Å²) >= 11 is 0. The van der Waals surface area contributed by atoms with Gasteiger partial charge in [0.1, 0.15) is 6.04 Å². The summed E-state index contributed by atoms with van der Waals surface area (Å²) in [4.78, 5) is 22.5. The molecule has 0 saturated heterocycles. The van der Waals surface area contributed by atoms with Gasteiger partial charge in [-0.15, -0.1) is 0 Å². The Morgan fingerprint density at radius 3 is 2.45 bits per heavy atom. The quantitative estimate of drug-likeness (QED) is 0.679. The summed E-state index contributed by atoms with van der Waals surface area (Å²) in [6, 6.07) is 6.57. The molecule has 0 fully saturated rings. The molecule has 0 aliphatic rings. The van der Waals surface area contributed by atoms with Gasteiger partial charge in [-0.05, 0) is 12.5 Å². The van der Waals surface area contributed by atoms with E-state index in [9.17, 15) is 9.59 Å². The Morgan fingerprint density at radius 2 is 1.95 bits per heavy atom. The second kappa shape index (κ2) is 7.62. The highest BCUT2D eigenvalue weighted by atomic mass is 16.5. The topological polar surface area (TPSA) is 102 Å². The summed E-state index contributed by atoms with van der Waals surface area (Å²) in [6.45, 7) is 2.06. The molecule has 0 bridgehead atoms. The SMILES string of the molecule is COC(CNC(=O)C(N)c1ccc(C)cc1)CC(=O)O. The van der Waals surface area contributed by atoms with Crippen molar-refractivity contribution in [3.05, 3.63) is 35.4 Å². The highest BCUT2D eigenvalue weighted by molar-refractivity contribution is 5.83. The van der Waals surface area contributed by atoms with Crippen LogP contribution in [0, 0.1) is 6.92 Å². The monoisotopic (exact) mass is 280 g/mol. The standard InChI is InChI=1S/C14H20N2O4/c1-9-3-5-10(6-4-9)13(15)14(19)16-8-11(20-2)7-12(17)18/h3-6,11,13H,7-8,15H2,1-2H3,(H,16,19)(H,17,18). The van der Waals surface area contributed by atoms with Crippen molar-refractivity contribution in [2.24, 2.45) is 5.73 Å². The van der Waals surface area contributed by atoms with Crippen LogP contribution in [0.2, 0.25) is 0 Å². The van der Waals surface area contributed by atoms with Crippen molar-refractivity contribution in [1.82, 2.24) is 5.32 Å². The third-order valence-electron chi connectivity index (χ3n) is 2.96. The predicted octanol–water partition coefficient (Wildman–Crippen LogP) is 0.601. The maximum Gasteiger partial charge on any atom is 0.306 e. The minimum Gasteiger partial charge on any atom is -0.481 e. The van der Waals surface area contributed by atoms with Crippen molar-refractivity contribution in [2.45, 2.75) is 25.5 Å². The average molecular weight is 280 g/mol. The number of ether oxygens (including phenoxy) is 1. The molecule has 6 heteroatoms. The molecule has 1 aromatic carbocycles. The molecule has 0 heterocycles. The van der Waals surface area contributed by atoms with Gasteiger partial charge >= 0.3 is 5.97 Å². The number of rotatable bonds is 7. The van der Waals surface area contributed by atoms with Crippen LogP contribution in [0.4, 0.5) is 0 Å². The number of carbonyl (C=O) groups is 2. The minimum absolute atomic E-state index is 0.112. The molecule has 4 N–H and O–H groups in total. The van der Waals surface area contributed by atoms with Gasteiger partial charge in [0.2, 0.25) is 5.91 Å². The number of aliphatic carboxylic acids is 1. The van der Waals surface area contributed by atoms with Gasteiger partial charge in [0.25, 0.3) is 0 Å². The number of nitrogens with one attached hydrogen (secondary N) is 1. The largest absolute Gasteiger partial charge is 0.481 e. The fourth-order valence-electron chi connectivity index (χ4n) is 1.68. The molecule has 20 heavy (non-hydrogen) atoms.